The van der Waals surface area contributed by atoms with Gasteiger partial charge in [0.15, 0.2) is 5.82 Å². The first-order chi connectivity index (χ1) is 26.6. The minimum Gasteiger partial charge on any atom is -0.508 e. The van der Waals surface area contributed by atoms with Gasteiger partial charge in [-0.2, -0.15) is 15.1 Å². The molecular formula is C42H47F2N7O4. The van der Waals surface area contributed by atoms with Gasteiger partial charge in [0.05, 0.1) is 30.3 Å². The number of ether oxygens (including phenoxy) is 3. The lowest BCUT2D eigenvalue weighted by Crippen LogP contribution is -2.54. The van der Waals surface area contributed by atoms with Crippen molar-refractivity contribution in [2.24, 2.45) is 12.5 Å². The first-order valence-corrected chi connectivity index (χ1v) is 19.4. The van der Waals surface area contributed by atoms with E-state index in [-0.39, 0.29) is 57.6 Å². The highest BCUT2D eigenvalue weighted by Gasteiger charge is 2.46. The number of piperazine rings is 1. The third kappa shape index (κ3) is 6.52. The van der Waals surface area contributed by atoms with E-state index in [2.05, 4.69) is 27.5 Å². The highest BCUT2D eigenvalue weighted by Crippen LogP contribution is 2.49. The lowest BCUT2D eigenvalue weighted by atomic mass is 9.91. The number of hydrogen-bond donors (Lipinski definition) is 1. The van der Waals surface area contributed by atoms with Gasteiger partial charge in [-0.25, -0.2) is 8.78 Å². The molecule has 3 aliphatic heterocycles. The van der Waals surface area contributed by atoms with Gasteiger partial charge in [0.2, 0.25) is 0 Å². The van der Waals surface area contributed by atoms with Gasteiger partial charge >= 0.3 is 6.01 Å². The minimum atomic E-state index is -0.664. The van der Waals surface area contributed by atoms with Crippen molar-refractivity contribution < 1.29 is 28.1 Å². The number of anilines is 1. The zero-order valence-electron chi connectivity index (χ0n) is 31.7. The highest BCUT2D eigenvalue weighted by molar-refractivity contribution is 6.18. The average molecular weight is 752 g/mol. The molecule has 2 aromatic heterocycles. The van der Waals surface area contributed by atoms with Crippen molar-refractivity contribution in [3.8, 4) is 35.2 Å². The second-order valence-corrected chi connectivity index (χ2v) is 16.1. The van der Waals surface area contributed by atoms with Gasteiger partial charge in [0, 0.05) is 100 Å². The monoisotopic (exact) mass is 751 g/mol. The van der Waals surface area contributed by atoms with Gasteiger partial charge in [0.25, 0.3) is 0 Å². The fourth-order valence-electron chi connectivity index (χ4n) is 9.38. The summed E-state index contributed by atoms with van der Waals surface area (Å²) in [6, 6.07) is 6.16. The molecule has 1 saturated carbocycles. The van der Waals surface area contributed by atoms with E-state index in [1.165, 1.54) is 24.3 Å². The fourth-order valence-corrected chi connectivity index (χ4v) is 9.38. The summed E-state index contributed by atoms with van der Waals surface area (Å²) in [5, 5.41) is 17.7. The van der Waals surface area contributed by atoms with Gasteiger partial charge < -0.3 is 24.2 Å². The van der Waals surface area contributed by atoms with Gasteiger partial charge in [-0.1, -0.05) is 12.0 Å². The van der Waals surface area contributed by atoms with Crippen LogP contribution in [0.1, 0.15) is 44.6 Å². The molecule has 2 bridgehead atoms. The molecule has 4 fully saturated rings. The van der Waals surface area contributed by atoms with E-state index in [0.717, 1.165) is 71.4 Å². The van der Waals surface area contributed by atoms with Crippen molar-refractivity contribution in [1.29, 1.82) is 0 Å². The normalized spacial score (nSPS) is 22.5. The van der Waals surface area contributed by atoms with Crippen LogP contribution in [0.2, 0.25) is 0 Å². The Hall–Kier alpha value is -4.61. The molecule has 11 nitrogen and oxygen atoms in total. The van der Waals surface area contributed by atoms with Crippen LogP contribution in [0, 0.1) is 29.4 Å². The van der Waals surface area contributed by atoms with Gasteiger partial charge in [-0.05, 0) is 68.2 Å². The molecule has 5 aromatic rings. The van der Waals surface area contributed by atoms with Crippen LogP contribution in [-0.4, -0.2) is 119 Å². The molecule has 1 aliphatic carbocycles. The van der Waals surface area contributed by atoms with E-state index in [1.54, 1.807) is 18.8 Å². The first-order valence-electron chi connectivity index (χ1n) is 19.4. The molecule has 0 spiro atoms. The van der Waals surface area contributed by atoms with E-state index in [1.807, 2.05) is 6.20 Å². The molecule has 9 rings (SSSR count). The van der Waals surface area contributed by atoms with Crippen LogP contribution < -0.4 is 9.64 Å². The van der Waals surface area contributed by atoms with Crippen LogP contribution in [0.15, 0.2) is 30.5 Å². The summed E-state index contributed by atoms with van der Waals surface area (Å²) in [6.07, 6.45) is 12.9. The summed E-state index contributed by atoms with van der Waals surface area (Å²) >= 11 is 0. The average Bonchev–Trinajstić information content (AvgIpc) is 3.73. The summed E-state index contributed by atoms with van der Waals surface area (Å²) in [7, 11) is 3.51. The molecule has 13 heteroatoms. The molecule has 3 saturated heterocycles. The number of terminal acetylenes is 1. The number of nitrogens with zero attached hydrogens (tertiary/aromatic N) is 7. The largest absolute Gasteiger partial charge is 0.508 e. The zero-order chi connectivity index (χ0) is 38.0. The summed E-state index contributed by atoms with van der Waals surface area (Å²) in [4.78, 5) is 17.3. The Morgan fingerprint density at radius 2 is 1.85 bits per heavy atom. The van der Waals surface area contributed by atoms with Crippen LogP contribution in [0.4, 0.5) is 14.6 Å². The standard InChI is InChI=1S/C42H47F2N7O4/c1-5-30-33(43)10-7-26-17-29(52)18-31(34(26)30)35-37(44)39-36(32-22-48(3)47-38(32)35)40(51-27-8-9-28(51)21-49(20-27)13-6-15-53-4)46-41(45-39)55-24-42(11-12-42)23-50-14-16-54-25(2)19-50/h1,7,10,17-18,22,25,27-28,52H,6,8-9,11-16,19-21,23-24H2,2-4H3/t25-,27?,28?/m1/s1. The van der Waals surface area contributed by atoms with Gasteiger partial charge in [0.1, 0.15) is 28.4 Å². The second kappa shape index (κ2) is 14.2. The van der Waals surface area contributed by atoms with Crippen LogP contribution in [0.25, 0.3) is 43.7 Å². The maximum absolute atomic E-state index is 17.8. The number of halogens is 2. The summed E-state index contributed by atoms with van der Waals surface area (Å²) < 4.78 is 52.4. The maximum atomic E-state index is 17.8. The number of benzene rings is 3. The summed E-state index contributed by atoms with van der Waals surface area (Å²) in [5.41, 5.74) is 0.678. The van der Waals surface area contributed by atoms with Crippen LogP contribution in [-0.2, 0) is 16.5 Å². The van der Waals surface area contributed by atoms with Gasteiger partial charge in [-0.3, -0.25) is 14.5 Å². The lowest BCUT2D eigenvalue weighted by molar-refractivity contribution is -0.0273. The number of phenolic OH excluding ortho intramolecular Hbond substituents is 1. The van der Waals surface area contributed by atoms with Crippen LogP contribution in [0.5, 0.6) is 11.8 Å². The van der Waals surface area contributed by atoms with Crippen LogP contribution in [0.3, 0.4) is 0 Å². The number of rotatable bonds is 11. The van der Waals surface area contributed by atoms with E-state index in [0.29, 0.717) is 52.7 Å². The SMILES string of the molecule is C#Cc1c(F)ccc2cc(O)cc(-c3c(F)c4nc(OCC5(CN6CCO[C@H](C)C6)CC5)nc(N5C6CCC5CN(CCCOC)C6)c4c4cn(C)nc34)c12. The number of aromatic nitrogens is 4. The molecular weight excluding hydrogens is 705 g/mol. The predicted molar refractivity (Wildman–Crippen MR) is 208 cm³/mol. The van der Waals surface area contributed by atoms with Crippen LogP contribution >= 0.6 is 0 Å². The number of hydrogen-bond acceptors (Lipinski definition) is 10. The fraction of sp³-hybridized carbons (Fsp3) is 0.500. The number of morpholine rings is 1. The van der Waals surface area contributed by atoms with Crippen molar-refractivity contribution >= 4 is 38.4 Å². The number of phenols is 1. The van der Waals surface area contributed by atoms with E-state index in [9.17, 15) is 5.11 Å². The predicted octanol–water partition coefficient (Wildman–Crippen LogP) is 5.87. The Morgan fingerprint density at radius 1 is 1.05 bits per heavy atom. The Morgan fingerprint density at radius 3 is 2.58 bits per heavy atom. The Balaban J connectivity index is 1.20. The summed E-state index contributed by atoms with van der Waals surface area (Å²) in [6.45, 7) is 9.25. The topological polar surface area (TPSA) is 101 Å². The van der Waals surface area contributed by atoms with Crippen molar-refractivity contribution in [2.75, 3.05) is 71.1 Å². The Kier molecular flexibility index (Phi) is 9.28. The molecule has 3 atom stereocenters. The quantitative estimate of drug-likeness (QED) is 0.130. The molecule has 0 amide bonds. The van der Waals surface area contributed by atoms with Crippen molar-refractivity contribution in [2.45, 2.75) is 57.2 Å². The molecule has 3 aromatic carbocycles. The molecule has 1 N–H and O–H groups in total. The number of aromatic hydroxyl groups is 1. The molecule has 2 unspecified atom stereocenters. The number of fused-ring (bicyclic) bond motifs is 6. The highest BCUT2D eigenvalue weighted by atomic mass is 19.1. The molecule has 55 heavy (non-hydrogen) atoms. The number of likely N-dealkylation sites (tertiary alicyclic amines) is 1. The molecule has 4 aliphatic rings. The van der Waals surface area contributed by atoms with E-state index in [4.69, 9.17) is 35.7 Å². The van der Waals surface area contributed by atoms with Crippen molar-refractivity contribution in [3.05, 3.63) is 47.7 Å². The van der Waals surface area contributed by atoms with Crippen molar-refractivity contribution in [3.63, 3.8) is 0 Å². The Labute approximate surface area is 319 Å². The summed E-state index contributed by atoms with van der Waals surface area (Å²) in [5.74, 6) is 1.71. The lowest BCUT2D eigenvalue weighted by Gasteiger charge is -2.42. The van der Waals surface area contributed by atoms with Crippen molar-refractivity contribution in [1.82, 2.24) is 29.5 Å². The first kappa shape index (κ1) is 36.1. The molecule has 5 heterocycles. The third-order valence-electron chi connectivity index (χ3n) is 12.1. The molecule has 0 radical (unpaired) electrons. The second-order valence-electron chi connectivity index (χ2n) is 16.1. The number of aryl methyl sites for hydroxylation is 1. The number of methoxy groups -OCH3 is 1. The molecule has 288 valence electrons. The smallest absolute Gasteiger partial charge is 0.319 e. The van der Waals surface area contributed by atoms with E-state index < -0.39 is 11.6 Å². The zero-order valence-corrected chi connectivity index (χ0v) is 31.7. The Bertz CT molecular complexity index is 2330. The third-order valence-corrected chi connectivity index (χ3v) is 12.1. The van der Waals surface area contributed by atoms with E-state index >= 15 is 8.78 Å². The van der Waals surface area contributed by atoms with Gasteiger partial charge in [-0.15, -0.1) is 6.42 Å². The minimum absolute atomic E-state index is 0.0205. The maximum Gasteiger partial charge on any atom is 0.319 e.